The molecule has 0 atom stereocenters. The van der Waals surface area contributed by atoms with Crippen LogP contribution in [0.15, 0.2) is 70.3 Å². The van der Waals surface area contributed by atoms with Gasteiger partial charge in [-0.15, -0.1) is 0 Å². The highest BCUT2D eigenvalue weighted by molar-refractivity contribution is 7.99. The highest BCUT2D eigenvalue weighted by Crippen LogP contribution is 2.35. The van der Waals surface area contributed by atoms with E-state index in [1.54, 1.807) is 0 Å². The molecule has 0 saturated carbocycles. The summed E-state index contributed by atoms with van der Waals surface area (Å²) < 4.78 is 6.04. The summed E-state index contributed by atoms with van der Waals surface area (Å²) in [4.78, 5) is 16.8. The SMILES string of the molecule is CCC(CC)NC(=O)CSc1nc(-c2ccccc2)c(-c2ccccc2)o1. The molecule has 27 heavy (non-hydrogen) atoms. The molecule has 0 spiro atoms. The van der Waals surface area contributed by atoms with Gasteiger partial charge in [0.1, 0.15) is 5.69 Å². The minimum atomic E-state index is 0.00872. The molecule has 0 radical (unpaired) electrons. The van der Waals surface area contributed by atoms with Crippen molar-refractivity contribution in [2.24, 2.45) is 0 Å². The van der Waals surface area contributed by atoms with E-state index in [1.807, 2.05) is 60.7 Å². The van der Waals surface area contributed by atoms with E-state index < -0.39 is 0 Å². The number of hydrogen-bond acceptors (Lipinski definition) is 4. The van der Waals surface area contributed by atoms with Crippen LogP contribution in [0.25, 0.3) is 22.6 Å². The largest absolute Gasteiger partial charge is 0.431 e. The number of benzene rings is 2. The van der Waals surface area contributed by atoms with Crippen LogP contribution in [0.5, 0.6) is 0 Å². The Bertz CT molecular complexity index is 802. The predicted octanol–water partition coefficient (Wildman–Crippen LogP) is 5.41. The number of oxazole rings is 1. The minimum Gasteiger partial charge on any atom is -0.431 e. The van der Waals surface area contributed by atoms with E-state index >= 15 is 0 Å². The first kappa shape index (κ1) is 19.2. The number of amides is 1. The van der Waals surface area contributed by atoms with Crippen LogP contribution in [-0.2, 0) is 4.79 Å². The third-order valence-electron chi connectivity index (χ3n) is 4.37. The lowest BCUT2D eigenvalue weighted by molar-refractivity contribution is -0.119. The van der Waals surface area contributed by atoms with Crippen molar-refractivity contribution in [3.63, 3.8) is 0 Å². The maximum absolute atomic E-state index is 12.2. The van der Waals surface area contributed by atoms with Crippen molar-refractivity contribution in [1.82, 2.24) is 10.3 Å². The van der Waals surface area contributed by atoms with Crippen LogP contribution in [-0.4, -0.2) is 22.7 Å². The molecule has 1 heterocycles. The summed E-state index contributed by atoms with van der Waals surface area (Å²) in [5.74, 6) is 1.03. The zero-order valence-corrected chi connectivity index (χ0v) is 16.5. The second-order valence-electron chi connectivity index (χ2n) is 6.26. The van der Waals surface area contributed by atoms with Crippen LogP contribution < -0.4 is 5.32 Å². The van der Waals surface area contributed by atoms with Crippen LogP contribution in [0, 0.1) is 0 Å². The maximum Gasteiger partial charge on any atom is 0.257 e. The Kier molecular flexibility index (Phi) is 6.71. The van der Waals surface area contributed by atoms with E-state index in [0.29, 0.717) is 11.0 Å². The number of thioether (sulfide) groups is 1. The molecule has 0 bridgehead atoms. The lowest BCUT2D eigenvalue weighted by Gasteiger charge is -2.13. The van der Waals surface area contributed by atoms with Gasteiger partial charge in [-0.3, -0.25) is 4.79 Å². The summed E-state index contributed by atoms with van der Waals surface area (Å²) in [6.45, 7) is 4.15. The van der Waals surface area contributed by atoms with Gasteiger partial charge in [-0.2, -0.15) is 0 Å². The van der Waals surface area contributed by atoms with Gasteiger partial charge in [0, 0.05) is 17.2 Å². The van der Waals surface area contributed by atoms with Crippen molar-refractivity contribution in [1.29, 1.82) is 0 Å². The molecule has 0 aliphatic rings. The van der Waals surface area contributed by atoms with Gasteiger partial charge < -0.3 is 9.73 Å². The van der Waals surface area contributed by atoms with Crippen LogP contribution >= 0.6 is 11.8 Å². The van der Waals surface area contributed by atoms with Gasteiger partial charge >= 0.3 is 0 Å². The van der Waals surface area contributed by atoms with Gasteiger partial charge in [0.2, 0.25) is 5.91 Å². The number of rotatable bonds is 8. The first-order valence-electron chi connectivity index (χ1n) is 9.25. The third kappa shape index (κ3) is 5.01. The molecule has 0 unspecified atom stereocenters. The number of aromatic nitrogens is 1. The number of nitrogens with one attached hydrogen (secondary N) is 1. The van der Waals surface area contributed by atoms with Crippen LogP contribution in [0.1, 0.15) is 26.7 Å². The van der Waals surface area contributed by atoms with E-state index in [2.05, 4.69) is 24.1 Å². The quantitative estimate of drug-likeness (QED) is 0.531. The number of hydrogen-bond donors (Lipinski definition) is 1. The molecule has 1 amide bonds. The molecule has 140 valence electrons. The van der Waals surface area contributed by atoms with E-state index in [0.717, 1.165) is 35.4 Å². The molecule has 0 saturated heterocycles. The molecule has 3 aromatic rings. The molecule has 2 aromatic carbocycles. The van der Waals surface area contributed by atoms with E-state index in [9.17, 15) is 4.79 Å². The lowest BCUT2D eigenvalue weighted by Crippen LogP contribution is -2.34. The van der Waals surface area contributed by atoms with Gasteiger partial charge in [0.05, 0.1) is 5.75 Å². The number of nitrogens with zero attached hydrogens (tertiary/aromatic N) is 1. The minimum absolute atomic E-state index is 0.00872. The fourth-order valence-corrected chi connectivity index (χ4v) is 3.46. The van der Waals surface area contributed by atoms with Gasteiger partial charge in [0.15, 0.2) is 5.76 Å². The number of carbonyl (C=O) groups excluding carboxylic acids is 1. The summed E-state index contributed by atoms with van der Waals surface area (Å²) in [5, 5.41) is 3.55. The highest BCUT2D eigenvalue weighted by atomic mass is 32.2. The molecule has 1 aromatic heterocycles. The fraction of sp³-hybridized carbons (Fsp3) is 0.273. The highest BCUT2D eigenvalue weighted by Gasteiger charge is 2.18. The second kappa shape index (κ2) is 9.42. The van der Waals surface area contributed by atoms with Crippen LogP contribution in [0.2, 0.25) is 0 Å². The van der Waals surface area contributed by atoms with Crippen molar-refractivity contribution in [3.05, 3.63) is 60.7 Å². The Hall–Kier alpha value is -2.53. The van der Waals surface area contributed by atoms with Gasteiger partial charge in [0.25, 0.3) is 5.22 Å². The summed E-state index contributed by atoms with van der Waals surface area (Å²) in [5.41, 5.74) is 2.76. The molecular formula is C22H24N2O2S. The van der Waals surface area contributed by atoms with E-state index in [1.165, 1.54) is 11.8 Å². The van der Waals surface area contributed by atoms with Crippen molar-refractivity contribution in [2.75, 3.05) is 5.75 Å². The fourth-order valence-electron chi connectivity index (χ4n) is 2.83. The Morgan fingerprint density at radius 1 is 1.00 bits per heavy atom. The van der Waals surface area contributed by atoms with Gasteiger partial charge in [-0.05, 0) is 12.8 Å². The molecule has 4 nitrogen and oxygen atoms in total. The first-order chi connectivity index (χ1) is 13.2. The standard InChI is InChI=1S/C22H24N2O2S/c1-3-18(4-2)23-19(25)15-27-22-24-20(16-11-7-5-8-12-16)21(26-22)17-13-9-6-10-14-17/h5-14,18H,3-4,15H2,1-2H3,(H,23,25). The molecular weight excluding hydrogens is 356 g/mol. The molecule has 1 N–H and O–H groups in total. The van der Waals surface area contributed by atoms with Crippen LogP contribution in [0.4, 0.5) is 0 Å². The molecule has 5 heteroatoms. The van der Waals surface area contributed by atoms with Crippen molar-refractivity contribution < 1.29 is 9.21 Å². The predicted molar refractivity (Wildman–Crippen MR) is 111 cm³/mol. The zero-order valence-electron chi connectivity index (χ0n) is 15.6. The summed E-state index contributed by atoms with van der Waals surface area (Å²) >= 11 is 1.33. The third-order valence-corrected chi connectivity index (χ3v) is 5.20. The first-order valence-corrected chi connectivity index (χ1v) is 10.2. The summed E-state index contributed by atoms with van der Waals surface area (Å²) in [6, 6.07) is 20.1. The van der Waals surface area contributed by atoms with Crippen LogP contribution in [0.3, 0.4) is 0 Å². The Morgan fingerprint density at radius 3 is 2.19 bits per heavy atom. The average Bonchev–Trinajstić information content (AvgIpc) is 3.16. The molecule has 0 fully saturated rings. The normalized spacial score (nSPS) is 10.9. The number of carbonyl (C=O) groups is 1. The second-order valence-corrected chi connectivity index (χ2v) is 7.19. The topological polar surface area (TPSA) is 55.1 Å². The Labute approximate surface area is 164 Å². The average molecular weight is 381 g/mol. The van der Waals surface area contributed by atoms with E-state index in [-0.39, 0.29) is 11.9 Å². The Morgan fingerprint density at radius 2 is 1.59 bits per heavy atom. The Balaban J connectivity index is 1.81. The molecule has 0 aliphatic carbocycles. The smallest absolute Gasteiger partial charge is 0.257 e. The molecule has 0 aliphatic heterocycles. The van der Waals surface area contributed by atoms with E-state index in [4.69, 9.17) is 4.42 Å². The van der Waals surface area contributed by atoms with Crippen molar-refractivity contribution in [2.45, 2.75) is 38.0 Å². The van der Waals surface area contributed by atoms with Gasteiger partial charge in [-0.1, -0.05) is 86.3 Å². The van der Waals surface area contributed by atoms with Gasteiger partial charge in [-0.25, -0.2) is 4.98 Å². The lowest BCUT2D eigenvalue weighted by atomic mass is 10.1. The maximum atomic E-state index is 12.2. The van der Waals surface area contributed by atoms with Crippen molar-refractivity contribution in [3.8, 4) is 22.6 Å². The molecule has 3 rings (SSSR count). The zero-order chi connectivity index (χ0) is 19.1. The summed E-state index contributed by atoms with van der Waals surface area (Å²) in [6.07, 6.45) is 1.87. The van der Waals surface area contributed by atoms with Crippen molar-refractivity contribution >= 4 is 17.7 Å². The summed E-state index contributed by atoms with van der Waals surface area (Å²) in [7, 11) is 0. The monoisotopic (exact) mass is 380 g/mol.